The number of halogens is 3. The third-order valence-electron chi connectivity index (χ3n) is 3.52. The van der Waals surface area contributed by atoms with Crippen LogP contribution in [0.2, 0.25) is 0 Å². The predicted molar refractivity (Wildman–Crippen MR) is 76.2 cm³/mol. The zero-order valence-electron chi connectivity index (χ0n) is 12.3. The number of nitrogens with zero attached hydrogens (tertiary/aromatic N) is 1. The number of ether oxygens (including phenoxy) is 1. The summed E-state index contributed by atoms with van der Waals surface area (Å²) in [5.74, 6) is -0.125. The van der Waals surface area contributed by atoms with Crippen LogP contribution in [0.4, 0.5) is 18.9 Å². The Morgan fingerprint density at radius 2 is 1.86 bits per heavy atom. The molecule has 2 rings (SSSR count). The fraction of sp³-hybridized carbons (Fsp3) is 0.533. The molecule has 0 aromatic heterocycles. The van der Waals surface area contributed by atoms with Crippen LogP contribution in [-0.4, -0.2) is 36.4 Å². The average molecular weight is 316 g/mol. The minimum absolute atomic E-state index is 0.125. The summed E-state index contributed by atoms with van der Waals surface area (Å²) < 4.78 is 40.5. The minimum Gasteiger partial charge on any atom is -0.326 e. The molecule has 1 amide bonds. The zero-order chi connectivity index (χ0) is 16.2. The molecule has 0 aliphatic carbocycles. The van der Waals surface area contributed by atoms with Crippen LogP contribution in [0, 0.1) is 0 Å². The lowest BCUT2D eigenvalue weighted by Crippen LogP contribution is -2.38. The summed E-state index contributed by atoms with van der Waals surface area (Å²) in [6.45, 7) is 3.28. The van der Waals surface area contributed by atoms with E-state index in [0.29, 0.717) is 32.5 Å². The van der Waals surface area contributed by atoms with Crippen LogP contribution in [-0.2, 0) is 16.1 Å². The number of piperidine rings is 1. The van der Waals surface area contributed by atoms with E-state index in [2.05, 4.69) is 15.0 Å². The first-order chi connectivity index (χ1) is 10.3. The molecule has 0 atom stereocenters. The van der Waals surface area contributed by atoms with Crippen molar-refractivity contribution in [3.8, 4) is 0 Å². The first kappa shape index (κ1) is 16.8. The highest BCUT2D eigenvalue weighted by atomic mass is 19.4. The lowest BCUT2D eigenvalue weighted by atomic mass is 10.1. The molecule has 0 saturated carbocycles. The summed E-state index contributed by atoms with van der Waals surface area (Å²) >= 11 is 0. The maximum absolute atomic E-state index is 12.1. The fourth-order valence-electron chi connectivity index (χ4n) is 2.53. The molecule has 7 heteroatoms. The van der Waals surface area contributed by atoms with Crippen molar-refractivity contribution in [2.24, 2.45) is 0 Å². The van der Waals surface area contributed by atoms with Gasteiger partial charge < -0.3 is 5.32 Å². The van der Waals surface area contributed by atoms with E-state index in [0.717, 1.165) is 11.3 Å². The van der Waals surface area contributed by atoms with Gasteiger partial charge in [-0.3, -0.25) is 14.4 Å². The van der Waals surface area contributed by atoms with E-state index in [1.54, 1.807) is 0 Å². The summed E-state index contributed by atoms with van der Waals surface area (Å²) in [5, 5.41) is 2.69. The Morgan fingerprint density at radius 1 is 1.27 bits per heavy atom. The number of nitrogens with one attached hydrogen (secondary N) is 1. The average Bonchev–Trinajstić information content (AvgIpc) is 2.41. The molecule has 0 radical (unpaired) electrons. The van der Waals surface area contributed by atoms with Gasteiger partial charge in [0.15, 0.2) is 0 Å². The van der Waals surface area contributed by atoms with Crippen molar-refractivity contribution in [1.82, 2.24) is 4.90 Å². The van der Waals surface area contributed by atoms with Crippen molar-refractivity contribution >= 4 is 11.6 Å². The lowest BCUT2D eigenvalue weighted by molar-refractivity contribution is -0.345. The molecule has 1 N–H and O–H groups in total. The highest BCUT2D eigenvalue weighted by Gasteiger charge is 2.34. The molecular formula is C15H19F3N2O2. The molecule has 0 spiro atoms. The van der Waals surface area contributed by atoms with E-state index < -0.39 is 12.5 Å². The molecular weight excluding hydrogens is 297 g/mol. The van der Waals surface area contributed by atoms with Gasteiger partial charge in [-0.1, -0.05) is 12.1 Å². The van der Waals surface area contributed by atoms with Crippen LogP contribution in [0.5, 0.6) is 0 Å². The Bertz CT molecular complexity index is 495. The maximum Gasteiger partial charge on any atom is 0.522 e. The number of hydrogen-bond acceptors (Lipinski definition) is 3. The quantitative estimate of drug-likeness (QED) is 0.928. The number of hydrogen-bond donors (Lipinski definition) is 1. The largest absolute Gasteiger partial charge is 0.522 e. The second-order valence-electron chi connectivity index (χ2n) is 5.42. The Kier molecular flexibility index (Phi) is 5.42. The number of rotatable bonds is 4. The van der Waals surface area contributed by atoms with E-state index in [-0.39, 0.29) is 5.91 Å². The summed E-state index contributed by atoms with van der Waals surface area (Å²) in [5.41, 5.74) is 1.79. The van der Waals surface area contributed by atoms with Crippen LogP contribution in [0.1, 0.15) is 25.3 Å². The Hall–Kier alpha value is -1.60. The third-order valence-corrected chi connectivity index (χ3v) is 3.52. The highest BCUT2D eigenvalue weighted by Crippen LogP contribution is 2.25. The van der Waals surface area contributed by atoms with Gasteiger partial charge in [0.2, 0.25) is 5.91 Å². The van der Waals surface area contributed by atoms with Crippen LogP contribution in [0.3, 0.4) is 0 Å². The molecule has 1 fully saturated rings. The predicted octanol–water partition coefficient (Wildman–Crippen LogP) is 3.15. The van der Waals surface area contributed by atoms with Gasteiger partial charge >= 0.3 is 6.36 Å². The number of amides is 1. The van der Waals surface area contributed by atoms with Crippen LogP contribution in [0.25, 0.3) is 0 Å². The van der Waals surface area contributed by atoms with Crippen LogP contribution >= 0.6 is 0 Å². The molecule has 1 aliphatic rings. The second-order valence-corrected chi connectivity index (χ2v) is 5.42. The van der Waals surface area contributed by atoms with Crippen molar-refractivity contribution in [3.63, 3.8) is 0 Å². The maximum atomic E-state index is 12.1. The van der Waals surface area contributed by atoms with E-state index in [1.165, 1.54) is 6.92 Å². The van der Waals surface area contributed by atoms with Crippen molar-refractivity contribution in [2.75, 3.05) is 18.4 Å². The Morgan fingerprint density at radius 3 is 2.36 bits per heavy atom. The molecule has 0 unspecified atom stereocenters. The molecule has 1 aromatic carbocycles. The number of alkyl halides is 3. The molecule has 1 aliphatic heterocycles. The molecule has 0 bridgehead atoms. The molecule has 122 valence electrons. The first-order valence-electron chi connectivity index (χ1n) is 7.15. The summed E-state index contributed by atoms with van der Waals surface area (Å²) in [4.78, 5) is 13.0. The molecule has 22 heavy (non-hydrogen) atoms. The van der Waals surface area contributed by atoms with Crippen molar-refractivity contribution in [1.29, 1.82) is 0 Å². The topological polar surface area (TPSA) is 41.6 Å². The van der Waals surface area contributed by atoms with Gasteiger partial charge in [0, 0.05) is 32.2 Å². The molecule has 1 saturated heterocycles. The standard InChI is InChI=1S/C15H19F3N2O2/c1-11(21)19-13-4-2-12(3-5-13)10-20-8-6-14(7-9-20)22-15(16,17)18/h2-5,14H,6-10H2,1H3,(H,19,21). The van der Waals surface area contributed by atoms with Crippen molar-refractivity contribution < 1.29 is 22.7 Å². The van der Waals surface area contributed by atoms with Crippen molar-refractivity contribution in [2.45, 2.75) is 38.8 Å². The van der Waals surface area contributed by atoms with Gasteiger partial charge in [-0.25, -0.2) is 0 Å². The van der Waals surface area contributed by atoms with Crippen LogP contribution in [0.15, 0.2) is 24.3 Å². The SMILES string of the molecule is CC(=O)Nc1ccc(CN2CCC(OC(F)(F)F)CC2)cc1. The number of carbonyl (C=O) groups excluding carboxylic acids is 1. The summed E-state index contributed by atoms with van der Waals surface area (Å²) in [6.07, 6.45) is -4.53. The number of carbonyl (C=O) groups is 1. The Balaban J connectivity index is 1.79. The van der Waals surface area contributed by atoms with Gasteiger partial charge in [0.25, 0.3) is 0 Å². The van der Waals surface area contributed by atoms with E-state index >= 15 is 0 Å². The van der Waals surface area contributed by atoms with Gasteiger partial charge in [0.05, 0.1) is 6.10 Å². The molecule has 1 aromatic rings. The van der Waals surface area contributed by atoms with Gasteiger partial charge in [-0.05, 0) is 30.5 Å². The second kappa shape index (κ2) is 7.11. The molecule has 4 nitrogen and oxygen atoms in total. The first-order valence-corrected chi connectivity index (χ1v) is 7.15. The lowest BCUT2D eigenvalue weighted by Gasteiger charge is -2.32. The number of benzene rings is 1. The van der Waals surface area contributed by atoms with E-state index in [9.17, 15) is 18.0 Å². The minimum atomic E-state index is -4.55. The summed E-state index contributed by atoms with van der Waals surface area (Å²) in [6, 6.07) is 7.44. The highest BCUT2D eigenvalue weighted by molar-refractivity contribution is 5.88. The summed E-state index contributed by atoms with van der Waals surface area (Å²) in [7, 11) is 0. The van der Waals surface area contributed by atoms with E-state index in [4.69, 9.17) is 0 Å². The van der Waals surface area contributed by atoms with Gasteiger partial charge in [0.1, 0.15) is 0 Å². The number of likely N-dealkylation sites (tertiary alicyclic amines) is 1. The normalized spacial score (nSPS) is 17.5. The van der Waals surface area contributed by atoms with Crippen LogP contribution < -0.4 is 5.32 Å². The van der Waals surface area contributed by atoms with E-state index in [1.807, 2.05) is 24.3 Å². The fourth-order valence-corrected chi connectivity index (χ4v) is 2.53. The smallest absolute Gasteiger partial charge is 0.326 e. The Labute approximate surface area is 127 Å². The van der Waals surface area contributed by atoms with Gasteiger partial charge in [-0.2, -0.15) is 0 Å². The third kappa shape index (κ3) is 5.65. The van der Waals surface area contributed by atoms with Gasteiger partial charge in [-0.15, -0.1) is 13.2 Å². The number of anilines is 1. The monoisotopic (exact) mass is 316 g/mol. The zero-order valence-corrected chi connectivity index (χ0v) is 12.3. The van der Waals surface area contributed by atoms with Crippen molar-refractivity contribution in [3.05, 3.63) is 29.8 Å². The molecule has 1 heterocycles.